The number of imidazole rings is 1. The fraction of sp³-hybridized carbons (Fsp3) is 0.400. The van der Waals surface area contributed by atoms with Gasteiger partial charge in [0.15, 0.2) is 0 Å². The van der Waals surface area contributed by atoms with Crippen molar-refractivity contribution in [2.75, 3.05) is 19.3 Å². The molecule has 1 unspecified atom stereocenters. The standard InChI is InChI=1S/C15H19N5O3S/c1-24(22,23)20-7-2-3-13(10-20)18-15(21)12-4-5-17-14(9-12)19-8-6-16-11-19/h4-6,8-9,11,13H,2-3,7,10H2,1H3,(H,18,21). The van der Waals surface area contributed by atoms with Gasteiger partial charge in [-0.3, -0.25) is 9.36 Å². The minimum Gasteiger partial charge on any atom is -0.348 e. The molecule has 0 aliphatic carbocycles. The lowest BCUT2D eigenvalue weighted by Gasteiger charge is -2.31. The summed E-state index contributed by atoms with van der Waals surface area (Å²) in [5, 5.41) is 2.91. The second-order valence-corrected chi connectivity index (χ2v) is 7.79. The Labute approximate surface area is 140 Å². The Balaban J connectivity index is 1.70. The van der Waals surface area contributed by atoms with Crippen LogP contribution in [-0.2, 0) is 10.0 Å². The van der Waals surface area contributed by atoms with E-state index in [1.54, 1.807) is 41.6 Å². The van der Waals surface area contributed by atoms with Crippen molar-refractivity contribution in [3.8, 4) is 5.82 Å². The largest absolute Gasteiger partial charge is 0.348 e. The number of aromatic nitrogens is 3. The fourth-order valence-electron chi connectivity index (χ4n) is 2.73. The summed E-state index contributed by atoms with van der Waals surface area (Å²) in [6, 6.07) is 3.12. The first kappa shape index (κ1) is 16.6. The molecule has 0 radical (unpaired) electrons. The van der Waals surface area contributed by atoms with Crippen LogP contribution in [0.2, 0.25) is 0 Å². The van der Waals surface area contributed by atoms with Gasteiger partial charge in [-0.05, 0) is 25.0 Å². The molecule has 8 nitrogen and oxygen atoms in total. The lowest BCUT2D eigenvalue weighted by atomic mass is 10.1. The molecule has 1 N–H and O–H groups in total. The number of hydrogen-bond donors (Lipinski definition) is 1. The van der Waals surface area contributed by atoms with Crippen molar-refractivity contribution in [1.29, 1.82) is 0 Å². The molecule has 2 aromatic rings. The first-order chi connectivity index (χ1) is 11.4. The lowest BCUT2D eigenvalue weighted by Crippen LogP contribution is -2.49. The molecule has 1 aliphatic heterocycles. The Morgan fingerprint density at radius 3 is 2.92 bits per heavy atom. The molecule has 0 bridgehead atoms. The maximum Gasteiger partial charge on any atom is 0.251 e. The molecule has 1 aliphatic rings. The van der Waals surface area contributed by atoms with E-state index < -0.39 is 10.0 Å². The molecule has 0 aromatic carbocycles. The third-order valence-electron chi connectivity index (χ3n) is 3.96. The van der Waals surface area contributed by atoms with E-state index in [-0.39, 0.29) is 11.9 Å². The molecule has 3 rings (SSSR count). The van der Waals surface area contributed by atoms with Gasteiger partial charge >= 0.3 is 0 Å². The van der Waals surface area contributed by atoms with E-state index in [4.69, 9.17) is 0 Å². The Kier molecular flexibility index (Phi) is 4.63. The van der Waals surface area contributed by atoms with E-state index in [9.17, 15) is 13.2 Å². The van der Waals surface area contributed by atoms with E-state index in [1.165, 1.54) is 10.6 Å². The average Bonchev–Trinajstić information content (AvgIpc) is 3.09. The van der Waals surface area contributed by atoms with Gasteiger partial charge in [-0.1, -0.05) is 0 Å². The minimum absolute atomic E-state index is 0.189. The van der Waals surface area contributed by atoms with Gasteiger partial charge < -0.3 is 5.32 Å². The third kappa shape index (κ3) is 3.80. The summed E-state index contributed by atoms with van der Waals surface area (Å²) in [5.74, 6) is 0.362. The second-order valence-electron chi connectivity index (χ2n) is 5.81. The van der Waals surface area contributed by atoms with Crippen LogP contribution >= 0.6 is 0 Å². The van der Waals surface area contributed by atoms with Crippen molar-refractivity contribution < 1.29 is 13.2 Å². The highest BCUT2D eigenvalue weighted by Crippen LogP contribution is 2.14. The number of amides is 1. The third-order valence-corrected chi connectivity index (χ3v) is 5.23. The smallest absolute Gasteiger partial charge is 0.251 e. The lowest BCUT2D eigenvalue weighted by molar-refractivity contribution is 0.0921. The summed E-state index contributed by atoms with van der Waals surface area (Å²) in [6.45, 7) is 0.815. The van der Waals surface area contributed by atoms with E-state index in [0.29, 0.717) is 24.5 Å². The summed E-state index contributed by atoms with van der Waals surface area (Å²) in [6.07, 6.45) is 9.23. The first-order valence-electron chi connectivity index (χ1n) is 7.64. The van der Waals surface area contributed by atoms with Crippen LogP contribution in [0.3, 0.4) is 0 Å². The van der Waals surface area contributed by atoms with Crippen LogP contribution in [-0.4, -0.2) is 58.6 Å². The normalized spacial score (nSPS) is 19.1. The van der Waals surface area contributed by atoms with Crippen LogP contribution in [0.1, 0.15) is 23.2 Å². The topological polar surface area (TPSA) is 97.2 Å². The van der Waals surface area contributed by atoms with Crippen molar-refractivity contribution in [2.24, 2.45) is 0 Å². The Hall–Kier alpha value is -2.26. The quantitative estimate of drug-likeness (QED) is 0.863. The highest BCUT2D eigenvalue weighted by molar-refractivity contribution is 7.88. The van der Waals surface area contributed by atoms with Gasteiger partial charge in [0, 0.05) is 43.3 Å². The number of carbonyl (C=O) groups excluding carboxylic acids is 1. The summed E-state index contributed by atoms with van der Waals surface area (Å²) in [4.78, 5) is 20.6. The number of pyridine rings is 1. The zero-order chi connectivity index (χ0) is 17.2. The minimum atomic E-state index is -3.23. The molecule has 1 atom stereocenters. The molecule has 1 amide bonds. The fourth-order valence-corrected chi connectivity index (χ4v) is 3.64. The molecular weight excluding hydrogens is 330 g/mol. The molecule has 24 heavy (non-hydrogen) atoms. The van der Waals surface area contributed by atoms with Crippen molar-refractivity contribution in [2.45, 2.75) is 18.9 Å². The number of carbonyl (C=O) groups is 1. The highest BCUT2D eigenvalue weighted by Gasteiger charge is 2.27. The van der Waals surface area contributed by atoms with E-state index in [0.717, 1.165) is 12.8 Å². The maximum atomic E-state index is 12.5. The van der Waals surface area contributed by atoms with Gasteiger partial charge in [0.05, 0.1) is 6.26 Å². The number of hydrogen-bond acceptors (Lipinski definition) is 5. The number of rotatable bonds is 4. The first-order valence-corrected chi connectivity index (χ1v) is 9.49. The monoisotopic (exact) mass is 349 g/mol. The number of nitrogens with zero attached hydrogens (tertiary/aromatic N) is 4. The van der Waals surface area contributed by atoms with Gasteiger partial charge in [0.25, 0.3) is 5.91 Å². The Morgan fingerprint density at radius 1 is 1.38 bits per heavy atom. The number of nitrogens with one attached hydrogen (secondary N) is 1. The van der Waals surface area contributed by atoms with Crippen LogP contribution in [0.4, 0.5) is 0 Å². The summed E-state index contributed by atoms with van der Waals surface area (Å²) in [7, 11) is -3.23. The van der Waals surface area contributed by atoms with Gasteiger partial charge in [0.2, 0.25) is 10.0 Å². The van der Waals surface area contributed by atoms with Crippen LogP contribution in [0.15, 0.2) is 37.1 Å². The zero-order valence-electron chi connectivity index (χ0n) is 13.3. The molecule has 1 fully saturated rings. The van der Waals surface area contributed by atoms with E-state index in [2.05, 4.69) is 15.3 Å². The van der Waals surface area contributed by atoms with Gasteiger partial charge in [0.1, 0.15) is 12.1 Å². The summed E-state index contributed by atoms with van der Waals surface area (Å²) < 4.78 is 26.4. The van der Waals surface area contributed by atoms with Crippen LogP contribution < -0.4 is 5.32 Å². The summed E-state index contributed by atoms with van der Waals surface area (Å²) >= 11 is 0. The summed E-state index contributed by atoms with van der Waals surface area (Å²) in [5.41, 5.74) is 0.477. The van der Waals surface area contributed by atoms with Gasteiger partial charge in [-0.15, -0.1) is 0 Å². The predicted octanol–water partition coefficient (Wildman–Crippen LogP) is 0.421. The molecule has 0 saturated carbocycles. The molecule has 1 saturated heterocycles. The maximum absolute atomic E-state index is 12.5. The highest BCUT2D eigenvalue weighted by atomic mass is 32.2. The predicted molar refractivity (Wildman–Crippen MR) is 88.3 cm³/mol. The van der Waals surface area contributed by atoms with Crippen molar-refractivity contribution in [3.63, 3.8) is 0 Å². The Morgan fingerprint density at radius 2 is 2.21 bits per heavy atom. The van der Waals surface area contributed by atoms with Crippen LogP contribution in [0.25, 0.3) is 5.82 Å². The average molecular weight is 349 g/mol. The number of piperidine rings is 1. The Bertz CT molecular complexity index is 819. The molecule has 2 aromatic heterocycles. The SMILES string of the molecule is CS(=O)(=O)N1CCCC(NC(=O)c2ccnc(-n3ccnc3)c2)C1. The molecule has 128 valence electrons. The van der Waals surface area contributed by atoms with Gasteiger partial charge in [-0.25, -0.2) is 22.7 Å². The van der Waals surface area contributed by atoms with Crippen molar-refractivity contribution in [3.05, 3.63) is 42.6 Å². The van der Waals surface area contributed by atoms with E-state index in [1.807, 2.05) is 0 Å². The zero-order valence-corrected chi connectivity index (χ0v) is 14.1. The second kappa shape index (κ2) is 6.70. The van der Waals surface area contributed by atoms with E-state index >= 15 is 0 Å². The molecule has 3 heterocycles. The van der Waals surface area contributed by atoms with Crippen LogP contribution in [0, 0.1) is 0 Å². The van der Waals surface area contributed by atoms with Crippen molar-refractivity contribution >= 4 is 15.9 Å². The molecular formula is C15H19N5O3S. The molecule has 0 spiro atoms. The molecule has 9 heteroatoms. The number of sulfonamides is 1. The van der Waals surface area contributed by atoms with Crippen LogP contribution in [0.5, 0.6) is 0 Å². The van der Waals surface area contributed by atoms with Crippen molar-refractivity contribution in [1.82, 2.24) is 24.2 Å². The van der Waals surface area contributed by atoms with Gasteiger partial charge in [-0.2, -0.15) is 0 Å².